The molecule has 0 unspecified atom stereocenters. The summed E-state index contributed by atoms with van der Waals surface area (Å²) in [6.07, 6.45) is 1.53. The molecule has 2 aromatic rings. The van der Waals surface area contributed by atoms with Gasteiger partial charge in [-0.2, -0.15) is 5.10 Å². The zero-order chi connectivity index (χ0) is 15.8. The van der Waals surface area contributed by atoms with E-state index < -0.39 is 0 Å². The van der Waals surface area contributed by atoms with Crippen LogP contribution in [0.5, 0.6) is 11.5 Å². The summed E-state index contributed by atoms with van der Waals surface area (Å²) in [7, 11) is 1.59. The minimum absolute atomic E-state index is 0.128. The molecule has 114 valence electrons. The summed E-state index contributed by atoms with van der Waals surface area (Å²) >= 11 is 5.76. The van der Waals surface area contributed by atoms with Crippen molar-refractivity contribution in [3.8, 4) is 11.5 Å². The van der Waals surface area contributed by atoms with E-state index in [2.05, 4.69) is 10.5 Å². The van der Waals surface area contributed by atoms with Crippen LogP contribution >= 0.6 is 11.6 Å². The Labute approximate surface area is 133 Å². The van der Waals surface area contributed by atoms with Gasteiger partial charge in [-0.05, 0) is 42.0 Å². The molecule has 6 heteroatoms. The molecule has 0 aromatic heterocycles. The number of nitrogens with one attached hydrogen (secondary N) is 1. The normalized spacial score (nSPS) is 10.5. The van der Waals surface area contributed by atoms with E-state index in [-0.39, 0.29) is 12.5 Å². The van der Waals surface area contributed by atoms with E-state index in [1.165, 1.54) is 6.21 Å². The van der Waals surface area contributed by atoms with Crippen LogP contribution in [0.1, 0.15) is 5.56 Å². The molecule has 0 aliphatic rings. The summed E-state index contributed by atoms with van der Waals surface area (Å²) in [6.45, 7) is -0.128. The number of methoxy groups -OCH3 is 1. The van der Waals surface area contributed by atoms with Gasteiger partial charge in [-0.15, -0.1) is 0 Å². The van der Waals surface area contributed by atoms with Gasteiger partial charge in [-0.3, -0.25) is 4.79 Å². The Hall–Kier alpha value is -2.53. The lowest BCUT2D eigenvalue weighted by atomic mass is 10.2. The Morgan fingerprint density at radius 3 is 2.73 bits per heavy atom. The summed E-state index contributed by atoms with van der Waals surface area (Å²) in [4.78, 5) is 11.6. The average molecular weight is 319 g/mol. The number of hydrazone groups is 1. The largest absolute Gasteiger partial charge is 0.497 e. The number of carbonyl (C=O) groups is 1. The van der Waals surface area contributed by atoms with Crippen LogP contribution in [0.4, 0.5) is 0 Å². The van der Waals surface area contributed by atoms with Crippen molar-refractivity contribution in [2.24, 2.45) is 5.10 Å². The first kappa shape index (κ1) is 15.9. The summed E-state index contributed by atoms with van der Waals surface area (Å²) in [5, 5.41) is 4.47. The molecule has 0 aliphatic heterocycles. The second-order valence-electron chi connectivity index (χ2n) is 4.31. The molecule has 0 saturated carbocycles. The lowest BCUT2D eigenvalue weighted by Gasteiger charge is -2.04. The summed E-state index contributed by atoms with van der Waals surface area (Å²) in [5.74, 6) is 0.937. The van der Waals surface area contributed by atoms with Crippen molar-refractivity contribution in [3.63, 3.8) is 0 Å². The highest BCUT2D eigenvalue weighted by Crippen LogP contribution is 2.15. The SMILES string of the molecule is COc1cccc(/C=N\NC(=O)COc2ccc(Cl)cc2)c1. The monoisotopic (exact) mass is 318 g/mol. The van der Waals surface area contributed by atoms with Crippen LogP contribution in [0.3, 0.4) is 0 Å². The summed E-state index contributed by atoms with van der Waals surface area (Å²) in [6, 6.07) is 14.1. The zero-order valence-electron chi connectivity index (χ0n) is 12.0. The fourth-order valence-corrected chi connectivity index (χ4v) is 1.74. The third-order valence-electron chi connectivity index (χ3n) is 2.68. The van der Waals surface area contributed by atoms with Crippen LogP contribution in [-0.2, 0) is 4.79 Å². The molecule has 0 saturated heterocycles. The Morgan fingerprint density at radius 1 is 1.23 bits per heavy atom. The Bertz CT molecular complexity index is 657. The van der Waals surface area contributed by atoms with Gasteiger partial charge < -0.3 is 9.47 Å². The molecule has 0 aliphatic carbocycles. The van der Waals surface area contributed by atoms with E-state index >= 15 is 0 Å². The summed E-state index contributed by atoms with van der Waals surface area (Å²) in [5.41, 5.74) is 3.21. The van der Waals surface area contributed by atoms with Crippen LogP contribution in [-0.4, -0.2) is 25.8 Å². The average Bonchev–Trinajstić information content (AvgIpc) is 2.54. The highest BCUT2D eigenvalue weighted by molar-refractivity contribution is 6.30. The number of nitrogens with zero attached hydrogens (tertiary/aromatic N) is 1. The molecule has 22 heavy (non-hydrogen) atoms. The number of benzene rings is 2. The smallest absolute Gasteiger partial charge is 0.277 e. The Balaban J connectivity index is 1.79. The van der Waals surface area contributed by atoms with Gasteiger partial charge in [0.05, 0.1) is 13.3 Å². The van der Waals surface area contributed by atoms with Crippen molar-refractivity contribution in [2.75, 3.05) is 13.7 Å². The fourth-order valence-electron chi connectivity index (χ4n) is 1.61. The minimum Gasteiger partial charge on any atom is -0.497 e. The lowest BCUT2D eigenvalue weighted by Crippen LogP contribution is -2.24. The summed E-state index contributed by atoms with van der Waals surface area (Å²) < 4.78 is 10.4. The maximum atomic E-state index is 11.6. The quantitative estimate of drug-likeness (QED) is 0.658. The highest BCUT2D eigenvalue weighted by atomic mass is 35.5. The second-order valence-corrected chi connectivity index (χ2v) is 4.75. The maximum absolute atomic E-state index is 11.6. The van der Waals surface area contributed by atoms with Crippen LogP contribution in [0, 0.1) is 0 Å². The molecule has 0 spiro atoms. The molecular weight excluding hydrogens is 304 g/mol. The topological polar surface area (TPSA) is 59.9 Å². The molecule has 1 amide bonds. The molecule has 0 atom stereocenters. The van der Waals surface area contributed by atoms with Gasteiger partial charge in [-0.1, -0.05) is 23.7 Å². The number of hydrogen-bond donors (Lipinski definition) is 1. The first-order valence-corrected chi connectivity index (χ1v) is 6.89. The fraction of sp³-hybridized carbons (Fsp3) is 0.125. The van der Waals surface area contributed by atoms with Crippen LogP contribution in [0.15, 0.2) is 53.6 Å². The Kier molecular flexibility index (Phi) is 5.80. The van der Waals surface area contributed by atoms with E-state index in [4.69, 9.17) is 21.1 Å². The lowest BCUT2D eigenvalue weighted by molar-refractivity contribution is -0.123. The number of hydrogen-bond acceptors (Lipinski definition) is 4. The van der Waals surface area contributed by atoms with Gasteiger partial charge in [0.1, 0.15) is 11.5 Å². The minimum atomic E-state index is -0.353. The molecule has 2 rings (SSSR count). The zero-order valence-corrected chi connectivity index (χ0v) is 12.7. The third-order valence-corrected chi connectivity index (χ3v) is 2.93. The van der Waals surface area contributed by atoms with Crippen molar-refractivity contribution < 1.29 is 14.3 Å². The first-order chi connectivity index (χ1) is 10.7. The number of rotatable bonds is 6. The molecule has 2 aromatic carbocycles. The number of amides is 1. The van der Waals surface area contributed by atoms with Crippen molar-refractivity contribution in [3.05, 3.63) is 59.1 Å². The predicted octanol–water partition coefficient (Wildman–Crippen LogP) is 2.88. The highest BCUT2D eigenvalue weighted by Gasteiger charge is 2.01. The Morgan fingerprint density at radius 2 is 2.00 bits per heavy atom. The van der Waals surface area contributed by atoms with Crippen LogP contribution in [0.25, 0.3) is 0 Å². The molecular formula is C16H15ClN2O3. The van der Waals surface area contributed by atoms with Gasteiger partial charge in [0.25, 0.3) is 5.91 Å². The van der Waals surface area contributed by atoms with E-state index in [1.54, 1.807) is 37.4 Å². The van der Waals surface area contributed by atoms with Gasteiger partial charge >= 0.3 is 0 Å². The third kappa shape index (κ3) is 5.10. The first-order valence-electron chi connectivity index (χ1n) is 6.52. The van der Waals surface area contributed by atoms with E-state index in [0.29, 0.717) is 10.8 Å². The molecule has 1 N–H and O–H groups in total. The number of carbonyl (C=O) groups excluding carboxylic acids is 1. The van der Waals surface area contributed by atoms with Crippen LogP contribution in [0.2, 0.25) is 5.02 Å². The van der Waals surface area contributed by atoms with Gasteiger partial charge in [0, 0.05) is 5.02 Å². The van der Waals surface area contributed by atoms with Gasteiger partial charge in [-0.25, -0.2) is 5.43 Å². The van der Waals surface area contributed by atoms with Gasteiger partial charge in [0.15, 0.2) is 6.61 Å². The molecule has 0 bridgehead atoms. The maximum Gasteiger partial charge on any atom is 0.277 e. The van der Waals surface area contributed by atoms with Crippen LogP contribution < -0.4 is 14.9 Å². The van der Waals surface area contributed by atoms with E-state index in [1.807, 2.05) is 18.2 Å². The standard InChI is InChI=1S/C16H15ClN2O3/c1-21-15-4-2-3-12(9-15)10-18-19-16(20)11-22-14-7-5-13(17)6-8-14/h2-10H,11H2,1H3,(H,19,20)/b18-10-. The molecule has 0 radical (unpaired) electrons. The van der Waals surface area contributed by atoms with E-state index in [9.17, 15) is 4.79 Å². The van der Waals surface area contributed by atoms with E-state index in [0.717, 1.165) is 11.3 Å². The van der Waals surface area contributed by atoms with Crippen molar-refractivity contribution in [1.82, 2.24) is 5.43 Å². The number of ether oxygens (including phenoxy) is 2. The second kappa shape index (κ2) is 8.05. The molecule has 5 nitrogen and oxygen atoms in total. The van der Waals surface area contributed by atoms with Crippen molar-refractivity contribution in [2.45, 2.75) is 0 Å². The van der Waals surface area contributed by atoms with Crippen molar-refractivity contribution in [1.29, 1.82) is 0 Å². The number of halogens is 1. The predicted molar refractivity (Wildman–Crippen MR) is 85.7 cm³/mol. The molecule has 0 fully saturated rings. The van der Waals surface area contributed by atoms with Gasteiger partial charge in [0.2, 0.25) is 0 Å². The molecule has 0 heterocycles. The van der Waals surface area contributed by atoms with Crippen molar-refractivity contribution >= 4 is 23.7 Å².